The van der Waals surface area contributed by atoms with E-state index in [2.05, 4.69) is 0 Å². The van der Waals surface area contributed by atoms with E-state index in [1.807, 2.05) is 6.07 Å². The van der Waals surface area contributed by atoms with E-state index < -0.39 is 17.0 Å². The smallest absolute Gasteiger partial charge is 0.349 e. The molecule has 0 radical (unpaired) electrons. The summed E-state index contributed by atoms with van der Waals surface area (Å²) in [6.45, 7) is 0.801. The molecule has 0 saturated carbocycles. The second-order valence-electron chi connectivity index (χ2n) is 5.16. The van der Waals surface area contributed by atoms with Crippen LogP contribution in [-0.2, 0) is 4.79 Å². The highest BCUT2D eigenvalue weighted by molar-refractivity contribution is 8.02. The van der Waals surface area contributed by atoms with Gasteiger partial charge in [-0.1, -0.05) is 30.0 Å². The van der Waals surface area contributed by atoms with Gasteiger partial charge in [0.1, 0.15) is 12.4 Å². The third-order valence-corrected chi connectivity index (χ3v) is 4.03. The fourth-order valence-electron chi connectivity index (χ4n) is 2.02. The molecule has 0 aliphatic rings. The molecule has 9 heteroatoms. The Balaban J connectivity index is 2.06. The average molecular weight is 390 g/mol. The first-order chi connectivity index (χ1) is 13.0. The van der Waals surface area contributed by atoms with Gasteiger partial charge in [0.2, 0.25) is 6.10 Å². The molecule has 0 aromatic heterocycles. The zero-order valence-corrected chi connectivity index (χ0v) is 15.0. The molecule has 0 aliphatic carbocycles. The Kier molecular flexibility index (Phi) is 7.65. The zero-order valence-electron chi connectivity index (χ0n) is 14.2. The Morgan fingerprint density at radius 2 is 2.07 bits per heavy atom. The number of carboxylic acid groups (broad SMARTS) is 1. The highest BCUT2D eigenvalue weighted by Gasteiger charge is 2.21. The quantitative estimate of drug-likeness (QED) is 0.360. The van der Waals surface area contributed by atoms with Crippen molar-refractivity contribution < 1.29 is 24.3 Å². The summed E-state index contributed by atoms with van der Waals surface area (Å²) in [6, 6.07) is 12.8. The number of hydrogen-bond donors (Lipinski definition) is 2. The van der Waals surface area contributed by atoms with Gasteiger partial charge in [0.15, 0.2) is 5.75 Å². The van der Waals surface area contributed by atoms with E-state index in [0.717, 1.165) is 4.90 Å². The average Bonchev–Trinajstić information content (AvgIpc) is 2.66. The van der Waals surface area contributed by atoms with Crippen LogP contribution in [0.3, 0.4) is 0 Å². The van der Waals surface area contributed by atoms with Gasteiger partial charge in [0.25, 0.3) is 0 Å². The number of carbonyl (C=O) groups is 1. The van der Waals surface area contributed by atoms with E-state index in [4.69, 9.17) is 15.2 Å². The Bertz CT molecular complexity index is 827. The van der Waals surface area contributed by atoms with Crippen molar-refractivity contribution in [3.8, 4) is 11.5 Å². The number of nitrogens with two attached hydrogens (primary N) is 1. The molecule has 1 unspecified atom stereocenters. The summed E-state index contributed by atoms with van der Waals surface area (Å²) in [7, 11) is 0. The minimum atomic E-state index is -1.37. The van der Waals surface area contributed by atoms with Crippen LogP contribution in [0.1, 0.15) is 0 Å². The highest BCUT2D eigenvalue weighted by Crippen LogP contribution is 2.28. The van der Waals surface area contributed by atoms with Crippen LogP contribution in [-0.4, -0.2) is 35.3 Å². The van der Waals surface area contributed by atoms with Crippen LogP contribution in [0, 0.1) is 10.1 Å². The number of nitro benzene ring substituents is 1. The Labute approximate surface area is 159 Å². The molecular formula is C18H18N2O6S. The van der Waals surface area contributed by atoms with Gasteiger partial charge >= 0.3 is 11.7 Å². The van der Waals surface area contributed by atoms with Crippen molar-refractivity contribution in [2.24, 2.45) is 5.73 Å². The molecule has 0 fully saturated rings. The topological polar surface area (TPSA) is 125 Å². The number of para-hydroxylation sites is 2. The number of ether oxygens (including phenoxy) is 2. The lowest BCUT2D eigenvalue weighted by Gasteiger charge is -2.11. The molecular weight excluding hydrogens is 372 g/mol. The lowest BCUT2D eigenvalue weighted by Crippen LogP contribution is -2.24. The van der Waals surface area contributed by atoms with Gasteiger partial charge in [-0.3, -0.25) is 10.1 Å². The van der Waals surface area contributed by atoms with Crippen LogP contribution >= 0.6 is 11.8 Å². The number of rotatable bonds is 10. The summed E-state index contributed by atoms with van der Waals surface area (Å²) in [5, 5.41) is 21.9. The molecule has 27 heavy (non-hydrogen) atoms. The van der Waals surface area contributed by atoms with Crippen molar-refractivity contribution >= 4 is 23.4 Å². The molecule has 2 aromatic carbocycles. The van der Waals surface area contributed by atoms with Crippen molar-refractivity contribution in [1.29, 1.82) is 0 Å². The summed E-state index contributed by atoms with van der Waals surface area (Å²) >= 11 is 1.27. The third kappa shape index (κ3) is 6.32. The van der Waals surface area contributed by atoms with E-state index in [0.29, 0.717) is 18.9 Å². The van der Waals surface area contributed by atoms with Crippen LogP contribution in [0.4, 0.5) is 5.69 Å². The first kappa shape index (κ1) is 20.3. The Hall–Kier alpha value is -3.04. The molecule has 3 N–H and O–H groups in total. The van der Waals surface area contributed by atoms with Gasteiger partial charge in [-0.2, -0.15) is 0 Å². The second-order valence-corrected chi connectivity index (χ2v) is 6.14. The van der Waals surface area contributed by atoms with Crippen molar-refractivity contribution in [1.82, 2.24) is 0 Å². The number of nitro groups is 1. The Morgan fingerprint density at radius 1 is 1.30 bits per heavy atom. The van der Waals surface area contributed by atoms with Gasteiger partial charge in [-0.05, 0) is 35.7 Å². The van der Waals surface area contributed by atoms with Crippen LogP contribution in [0.15, 0.2) is 64.9 Å². The van der Waals surface area contributed by atoms with E-state index >= 15 is 0 Å². The first-order valence-electron chi connectivity index (χ1n) is 7.90. The zero-order chi connectivity index (χ0) is 19.6. The van der Waals surface area contributed by atoms with E-state index in [-0.39, 0.29) is 11.4 Å². The number of carboxylic acids is 1. The number of hydrogen-bond acceptors (Lipinski definition) is 7. The second kappa shape index (κ2) is 10.2. The summed E-state index contributed by atoms with van der Waals surface area (Å²) in [5.74, 6) is -0.712. The fourth-order valence-corrected chi connectivity index (χ4v) is 2.74. The maximum atomic E-state index is 11.4. The van der Waals surface area contributed by atoms with Gasteiger partial charge in [0, 0.05) is 17.5 Å². The number of aliphatic carboxylic acids is 1. The molecule has 1 atom stereocenters. The lowest BCUT2D eigenvalue weighted by molar-refractivity contribution is -0.386. The summed E-state index contributed by atoms with van der Waals surface area (Å²) < 4.78 is 10.7. The Morgan fingerprint density at radius 3 is 2.78 bits per heavy atom. The van der Waals surface area contributed by atoms with Crippen LogP contribution in [0.5, 0.6) is 11.5 Å². The molecule has 0 bridgehead atoms. The maximum absolute atomic E-state index is 11.4. The van der Waals surface area contributed by atoms with E-state index in [9.17, 15) is 20.0 Å². The maximum Gasteiger partial charge on any atom is 0.349 e. The first-order valence-corrected chi connectivity index (χ1v) is 8.78. The number of benzene rings is 2. The molecule has 0 amide bonds. The minimum absolute atomic E-state index is 0.110. The van der Waals surface area contributed by atoms with Gasteiger partial charge in [-0.15, -0.1) is 0 Å². The highest BCUT2D eigenvalue weighted by atomic mass is 32.2. The molecule has 142 valence electrons. The molecule has 2 aromatic rings. The van der Waals surface area contributed by atoms with Crippen molar-refractivity contribution in [3.05, 3.63) is 70.1 Å². The SMILES string of the molecule is NCCOc1cccc(SC=CC(Oc2ccccc2[N+](=O)[O-])C(=O)O)c1. The lowest BCUT2D eigenvalue weighted by atomic mass is 10.3. The molecule has 0 aliphatic heterocycles. The summed E-state index contributed by atoms with van der Waals surface area (Å²) in [6.07, 6.45) is -0.0489. The van der Waals surface area contributed by atoms with Gasteiger partial charge in [-0.25, -0.2) is 4.79 Å². The largest absolute Gasteiger partial charge is 0.492 e. The van der Waals surface area contributed by atoms with Crippen LogP contribution in [0.2, 0.25) is 0 Å². The van der Waals surface area contributed by atoms with Crippen molar-refractivity contribution in [2.75, 3.05) is 13.2 Å². The van der Waals surface area contributed by atoms with Crippen molar-refractivity contribution in [2.45, 2.75) is 11.0 Å². The van der Waals surface area contributed by atoms with Crippen LogP contribution < -0.4 is 15.2 Å². The van der Waals surface area contributed by atoms with E-state index in [1.165, 1.54) is 42.1 Å². The summed E-state index contributed by atoms with van der Waals surface area (Å²) in [5.41, 5.74) is 5.10. The summed E-state index contributed by atoms with van der Waals surface area (Å²) in [4.78, 5) is 22.6. The normalized spacial score (nSPS) is 11.9. The monoisotopic (exact) mass is 390 g/mol. The predicted molar refractivity (Wildman–Crippen MR) is 101 cm³/mol. The molecule has 8 nitrogen and oxygen atoms in total. The number of thioether (sulfide) groups is 1. The van der Waals surface area contributed by atoms with Gasteiger partial charge in [0.05, 0.1) is 4.92 Å². The third-order valence-electron chi connectivity index (χ3n) is 3.21. The van der Waals surface area contributed by atoms with Crippen LogP contribution in [0.25, 0.3) is 0 Å². The predicted octanol–water partition coefficient (Wildman–Crippen LogP) is 3.07. The standard InChI is InChI=1S/C18H18N2O6S/c19-9-10-25-13-4-3-5-14(12-13)27-11-8-17(18(21)22)26-16-7-2-1-6-15(16)20(23)24/h1-8,11-12,17H,9-10,19H2,(H,21,22). The molecule has 0 heterocycles. The number of nitrogens with zero attached hydrogens (tertiary/aromatic N) is 1. The minimum Gasteiger partial charge on any atom is -0.492 e. The van der Waals surface area contributed by atoms with Crippen molar-refractivity contribution in [3.63, 3.8) is 0 Å². The molecule has 0 spiro atoms. The van der Waals surface area contributed by atoms with E-state index in [1.54, 1.807) is 23.6 Å². The van der Waals surface area contributed by atoms with Gasteiger partial charge < -0.3 is 20.3 Å². The molecule has 2 rings (SSSR count). The fraction of sp³-hybridized carbons (Fsp3) is 0.167. The molecule has 0 saturated heterocycles.